The smallest absolute Gasteiger partial charge is 0.243 e. The second-order valence-corrected chi connectivity index (χ2v) is 9.09. The molecule has 1 aliphatic rings. The molecule has 12 nitrogen and oxygen atoms in total. The van der Waals surface area contributed by atoms with Gasteiger partial charge in [-0.15, -0.1) is 0 Å². The Hall–Kier alpha value is -4.69. The number of fused-ring (bicyclic) bond motifs is 1. The largest absolute Gasteiger partial charge is 0.494 e. The first kappa shape index (κ1) is 27.9. The quantitative estimate of drug-likeness (QED) is 0.244. The van der Waals surface area contributed by atoms with Crippen molar-refractivity contribution in [3.63, 3.8) is 0 Å². The van der Waals surface area contributed by atoms with Crippen LogP contribution in [0, 0.1) is 11.6 Å². The van der Waals surface area contributed by atoms with Crippen molar-refractivity contribution in [1.82, 2.24) is 30.0 Å². The Morgan fingerprint density at radius 1 is 1.17 bits per heavy atom. The third-order valence-corrected chi connectivity index (χ3v) is 6.54. The number of carbonyl (C=O) groups excluding carboxylic acids is 1. The fourth-order valence-electron chi connectivity index (χ4n) is 4.51. The van der Waals surface area contributed by atoms with Gasteiger partial charge in [-0.1, -0.05) is 6.58 Å². The molecular weight excluding hydrogens is 540 g/mol. The molecule has 5 rings (SSSR count). The third-order valence-electron chi connectivity index (χ3n) is 6.54. The number of hydrogen-bond donors (Lipinski definition) is 3. The highest BCUT2D eigenvalue weighted by Crippen LogP contribution is 2.39. The summed E-state index contributed by atoms with van der Waals surface area (Å²) >= 11 is 0. The van der Waals surface area contributed by atoms with Crippen LogP contribution in [0.3, 0.4) is 0 Å². The highest BCUT2D eigenvalue weighted by Gasteiger charge is 2.30. The molecule has 0 saturated carbocycles. The van der Waals surface area contributed by atoms with E-state index in [1.54, 1.807) is 6.20 Å². The lowest BCUT2D eigenvalue weighted by Crippen LogP contribution is -2.45. The van der Waals surface area contributed by atoms with Gasteiger partial charge in [0.1, 0.15) is 11.2 Å². The minimum Gasteiger partial charge on any atom is -0.494 e. The van der Waals surface area contributed by atoms with Crippen LogP contribution in [0.4, 0.5) is 14.7 Å². The average Bonchev–Trinajstić information content (AvgIpc) is 3.62. The molecule has 1 amide bonds. The van der Waals surface area contributed by atoms with Gasteiger partial charge in [-0.25, -0.2) is 23.7 Å². The van der Waals surface area contributed by atoms with Gasteiger partial charge in [0, 0.05) is 29.4 Å². The molecule has 4 aromatic rings. The van der Waals surface area contributed by atoms with Crippen LogP contribution in [-0.4, -0.2) is 81.9 Å². The molecule has 41 heavy (non-hydrogen) atoms. The first-order chi connectivity index (χ1) is 19.9. The first-order valence-electron chi connectivity index (χ1n) is 12.6. The van der Waals surface area contributed by atoms with Crippen LogP contribution in [-0.2, 0) is 16.1 Å². The van der Waals surface area contributed by atoms with E-state index in [9.17, 15) is 9.90 Å². The number of methoxy groups -OCH3 is 2. The predicted octanol–water partition coefficient (Wildman–Crippen LogP) is 2.32. The Labute approximate surface area is 233 Å². The molecule has 214 valence electrons. The maximum atomic E-state index is 15.4. The van der Waals surface area contributed by atoms with Crippen LogP contribution < -0.4 is 20.1 Å². The lowest BCUT2D eigenvalue weighted by Gasteiger charge is -2.20. The van der Waals surface area contributed by atoms with Crippen LogP contribution in [0.5, 0.6) is 11.5 Å². The van der Waals surface area contributed by atoms with Crippen LogP contribution in [0.1, 0.15) is 0 Å². The van der Waals surface area contributed by atoms with Crippen LogP contribution >= 0.6 is 0 Å². The van der Waals surface area contributed by atoms with Crippen LogP contribution in [0.25, 0.3) is 33.4 Å². The number of anilines is 1. The van der Waals surface area contributed by atoms with Crippen molar-refractivity contribution < 1.29 is 32.9 Å². The van der Waals surface area contributed by atoms with Crippen molar-refractivity contribution in [3.8, 4) is 34.0 Å². The monoisotopic (exact) mass is 567 g/mol. The Morgan fingerprint density at radius 2 is 1.90 bits per heavy atom. The van der Waals surface area contributed by atoms with Gasteiger partial charge in [0.05, 0.1) is 70.1 Å². The predicted molar refractivity (Wildman–Crippen MR) is 144 cm³/mol. The number of amides is 1. The third kappa shape index (κ3) is 5.51. The van der Waals surface area contributed by atoms with Gasteiger partial charge in [-0.3, -0.25) is 9.48 Å². The maximum Gasteiger partial charge on any atom is 0.243 e. The number of halogens is 2. The molecule has 14 heteroatoms. The topological polar surface area (TPSA) is 146 Å². The molecule has 0 bridgehead atoms. The number of aliphatic hydroxyl groups excluding tert-OH is 1. The number of rotatable bonds is 10. The van der Waals surface area contributed by atoms with Gasteiger partial charge in [-0.2, -0.15) is 5.10 Å². The first-order valence-corrected chi connectivity index (χ1v) is 12.6. The summed E-state index contributed by atoms with van der Waals surface area (Å²) in [5.74, 6) is -2.44. The van der Waals surface area contributed by atoms with E-state index in [0.717, 1.165) is 6.07 Å². The molecule has 1 aromatic carbocycles. The Morgan fingerprint density at radius 3 is 2.59 bits per heavy atom. The SMILES string of the molecule is C=CC(=O)N[C@H]1COC[C@H]1Nc1ncc2cc(-c3c(F)c(OC)cc(OC)c3F)nc(-c3cnn(CCO)c3)c2n1. The summed E-state index contributed by atoms with van der Waals surface area (Å²) in [5.41, 5.74) is 0.641. The number of nitrogens with zero attached hydrogens (tertiary/aromatic N) is 5. The summed E-state index contributed by atoms with van der Waals surface area (Å²) in [6.45, 7) is 4.16. The molecule has 1 fully saturated rings. The van der Waals surface area contributed by atoms with Gasteiger partial charge in [-0.05, 0) is 12.1 Å². The van der Waals surface area contributed by atoms with Gasteiger partial charge in [0.15, 0.2) is 23.1 Å². The number of carbonyl (C=O) groups is 1. The second kappa shape index (κ2) is 11.8. The number of aromatic nitrogens is 5. The minimum absolute atomic E-state index is 0.0460. The molecule has 1 aliphatic heterocycles. The maximum absolute atomic E-state index is 15.4. The van der Waals surface area contributed by atoms with Gasteiger partial charge in [0.2, 0.25) is 11.9 Å². The van der Waals surface area contributed by atoms with E-state index in [-0.39, 0.29) is 60.0 Å². The summed E-state index contributed by atoms with van der Waals surface area (Å²) in [7, 11) is 2.53. The molecule has 1 saturated heterocycles. The summed E-state index contributed by atoms with van der Waals surface area (Å²) in [6, 6.07) is 1.91. The Bertz CT molecular complexity index is 1580. The number of hydrogen-bond acceptors (Lipinski definition) is 10. The highest BCUT2D eigenvalue weighted by atomic mass is 19.1. The number of aliphatic hydroxyl groups is 1. The van der Waals surface area contributed by atoms with E-state index >= 15 is 8.78 Å². The number of pyridine rings is 1. The molecule has 0 spiro atoms. The number of ether oxygens (including phenoxy) is 3. The highest BCUT2D eigenvalue weighted by molar-refractivity contribution is 5.94. The molecule has 3 N–H and O–H groups in total. The average molecular weight is 568 g/mol. The van der Waals surface area contributed by atoms with Crippen molar-refractivity contribution in [2.45, 2.75) is 18.6 Å². The molecule has 3 aromatic heterocycles. The van der Waals surface area contributed by atoms with E-state index in [2.05, 4.69) is 37.3 Å². The Balaban J connectivity index is 1.63. The fourth-order valence-corrected chi connectivity index (χ4v) is 4.51. The normalized spacial score (nSPS) is 16.5. The summed E-state index contributed by atoms with van der Waals surface area (Å²) in [5, 5.41) is 20.0. The molecule has 4 heterocycles. The van der Waals surface area contributed by atoms with E-state index in [1.807, 2.05) is 0 Å². The lowest BCUT2D eigenvalue weighted by atomic mass is 10.0. The molecule has 0 radical (unpaired) electrons. The Kier molecular flexibility index (Phi) is 8.03. The number of benzene rings is 1. The van der Waals surface area contributed by atoms with Gasteiger partial charge in [0.25, 0.3) is 0 Å². The van der Waals surface area contributed by atoms with E-state index in [0.29, 0.717) is 29.7 Å². The summed E-state index contributed by atoms with van der Waals surface area (Å²) < 4.78 is 48.1. The standard InChI is InChI=1S/C27H27F2N7O5/c1-4-21(38)32-17-12-41-13-18(17)34-27-30-9-14-7-16(22-23(28)19(39-2)8-20(40-3)24(22)29)33-26(25(14)35-27)15-10-31-36(11-15)5-6-37/h4,7-11,17-18,37H,1,5-6,12-13H2,2-3H3,(H,32,38)(H,30,34,35)/t17-,18+/m0/s1. The van der Waals surface area contributed by atoms with Crippen molar-refractivity contribution in [2.75, 3.05) is 39.4 Å². The van der Waals surface area contributed by atoms with Crippen molar-refractivity contribution in [3.05, 3.63) is 55.0 Å². The van der Waals surface area contributed by atoms with Crippen LogP contribution in [0.15, 0.2) is 43.4 Å². The molecule has 2 atom stereocenters. The van der Waals surface area contributed by atoms with E-state index < -0.39 is 17.2 Å². The zero-order chi connectivity index (χ0) is 29.1. The van der Waals surface area contributed by atoms with Crippen molar-refractivity contribution in [2.24, 2.45) is 0 Å². The van der Waals surface area contributed by atoms with Crippen molar-refractivity contribution >= 4 is 22.8 Å². The second-order valence-electron chi connectivity index (χ2n) is 9.09. The van der Waals surface area contributed by atoms with E-state index in [1.165, 1.54) is 43.4 Å². The molecule has 0 aliphatic carbocycles. The summed E-state index contributed by atoms with van der Waals surface area (Å²) in [4.78, 5) is 25.5. The summed E-state index contributed by atoms with van der Waals surface area (Å²) in [6.07, 6.45) is 5.83. The molecule has 0 unspecified atom stereocenters. The van der Waals surface area contributed by atoms with Crippen LogP contribution in [0.2, 0.25) is 0 Å². The van der Waals surface area contributed by atoms with E-state index in [4.69, 9.17) is 14.2 Å². The zero-order valence-corrected chi connectivity index (χ0v) is 22.2. The lowest BCUT2D eigenvalue weighted by molar-refractivity contribution is -0.117. The van der Waals surface area contributed by atoms with Gasteiger partial charge < -0.3 is 30.0 Å². The fraction of sp³-hybridized carbons (Fsp3) is 0.296. The zero-order valence-electron chi connectivity index (χ0n) is 22.2. The minimum atomic E-state index is -0.951. The van der Waals surface area contributed by atoms with Crippen molar-refractivity contribution in [1.29, 1.82) is 0 Å². The van der Waals surface area contributed by atoms with Gasteiger partial charge >= 0.3 is 0 Å². The molecular formula is C27H27F2N7O5. The number of nitrogens with one attached hydrogen (secondary N) is 2.